The van der Waals surface area contributed by atoms with E-state index in [1.54, 1.807) is 0 Å². The van der Waals surface area contributed by atoms with Crippen LogP contribution in [-0.2, 0) is 15.3 Å². The SMILES string of the molecule is CCCCCO[PH](=O)Cc1cc[c]cc1. The zero-order valence-corrected chi connectivity index (χ0v) is 10.2. The third-order valence-electron chi connectivity index (χ3n) is 2.15. The summed E-state index contributed by atoms with van der Waals surface area (Å²) in [5, 5.41) is 0. The molecular formula is C12H18O2P. The van der Waals surface area contributed by atoms with Crippen LogP contribution in [0.25, 0.3) is 0 Å². The molecule has 1 aromatic rings. The van der Waals surface area contributed by atoms with Crippen LogP contribution in [0.4, 0.5) is 0 Å². The summed E-state index contributed by atoms with van der Waals surface area (Å²) >= 11 is 0. The molecule has 0 N–H and O–H groups in total. The molecule has 1 aromatic carbocycles. The second-order valence-corrected chi connectivity index (χ2v) is 4.90. The molecule has 1 rings (SSSR count). The molecule has 0 saturated heterocycles. The lowest BCUT2D eigenvalue weighted by atomic mass is 10.2. The smallest absolute Gasteiger partial charge is 0.195 e. The van der Waals surface area contributed by atoms with E-state index < -0.39 is 8.03 Å². The Morgan fingerprint density at radius 3 is 2.73 bits per heavy atom. The molecule has 1 radical (unpaired) electrons. The first kappa shape index (κ1) is 12.5. The first-order valence-corrected chi connectivity index (χ1v) is 6.96. The highest BCUT2D eigenvalue weighted by atomic mass is 31.1. The van der Waals surface area contributed by atoms with Crippen molar-refractivity contribution in [2.45, 2.75) is 32.3 Å². The highest BCUT2D eigenvalue weighted by molar-refractivity contribution is 7.38. The normalized spacial score (nSPS) is 12.6. The van der Waals surface area contributed by atoms with Crippen molar-refractivity contribution >= 4 is 8.03 Å². The molecule has 0 heterocycles. The minimum atomic E-state index is -1.89. The van der Waals surface area contributed by atoms with Gasteiger partial charge in [0.15, 0.2) is 8.03 Å². The molecule has 2 nitrogen and oxygen atoms in total. The molecule has 3 heteroatoms. The van der Waals surface area contributed by atoms with Gasteiger partial charge in [-0.1, -0.05) is 44.0 Å². The van der Waals surface area contributed by atoms with E-state index in [9.17, 15) is 4.57 Å². The number of unbranched alkanes of at least 4 members (excludes halogenated alkanes) is 2. The molecular weight excluding hydrogens is 207 g/mol. The van der Waals surface area contributed by atoms with Gasteiger partial charge in [0.25, 0.3) is 0 Å². The quantitative estimate of drug-likeness (QED) is 0.522. The van der Waals surface area contributed by atoms with Gasteiger partial charge in [-0.25, -0.2) is 0 Å². The molecule has 1 atom stereocenters. The van der Waals surface area contributed by atoms with Gasteiger partial charge in [-0.15, -0.1) is 0 Å². The molecule has 15 heavy (non-hydrogen) atoms. The second-order valence-electron chi connectivity index (χ2n) is 3.51. The Labute approximate surface area is 92.5 Å². The molecule has 1 unspecified atom stereocenters. The summed E-state index contributed by atoms with van der Waals surface area (Å²) in [6.07, 6.45) is 3.87. The van der Waals surface area contributed by atoms with Gasteiger partial charge in [-0.3, -0.25) is 4.57 Å². The van der Waals surface area contributed by atoms with Crippen LogP contribution < -0.4 is 0 Å². The standard InChI is InChI=1S/C12H18O2P/c1-2-3-7-10-14-15(13)11-12-8-5-4-6-9-12/h5-6,8-9,15H,2-3,7,10-11H2,1H3. The van der Waals surface area contributed by atoms with Crippen LogP contribution >= 0.6 is 8.03 Å². The third kappa shape index (κ3) is 5.76. The van der Waals surface area contributed by atoms with E-state index in [-0.39, 0.29) is 0 Å². The highest BCUT2D eigenvalue weighted by Gasteiger charge is 2.00. The molecule has 0 aliphatic heterocycles. The van der Waals surface area contributed by atoms with E-state index >= 15 is 0 Å². The van der Waals surface area contributed by atoms with Crippen LogP contribution in [0.3, 0.4) is 0 Å². The summed E-state index contributed by atoms with van der Waals surface area (Å²) in [5.74, 6) is 0. The summed E-state index contributed by atoms with van der Waals surface area (Å²) in [7, 11) is -1.89. The van der Waals surface area contributed by atoms with Gasteiger partial charge in [0.2, 0.25) is 0 Å². The third-order valence-corrected chi connectivity index (χ3v) is 3.37. The number of benzene rings is 1. The van der Waals surface area contributed by atoms with E-state index in [2.05, 4.69) is 13.0 Å². The van der Waals surface area contributed by atoms with E-state index in [0.717, 1.165) is 18.4 Å². The zero-order valence-electron chi connectivity index (χ0n) is 9.16. The summed E-state index contributed by atoms with van der Waals surface area (Å²) in [5.41, 5.74) is 1.06. The van der Waals surface area contributed by atoms with Crippen LogP contribution in [-0.4, -0.2) is 6.61 Å². The average molecular weight is 225 g/mol. The van der Waals surface area contributed by atoms with Crippen molar-refractivity contribution in [3.8, 4) is 0 Å². The lowest BCUT2D eigenvalue weighted by Crippen LogP contribution is -1.88. The lowest BCUT2D eigenvalue weighted by molar-refractivity contribution is 0.317. The van der Waals surface area contributed by atoms with Crippen molar-refractivity contribution in [2.24, 2.45) is 0 Å². The monoisotopic (exact) mass is 225 g/mol. The average Bonchev–Trinajstić information content (AvgIpc) is 2.26. The van der Waals surface area contributed by atoms with Gasteiger partial charge in [-0.2, -0.15) is 0 Å². The molecule has 0 aromatic heterocycles. The Hall–Kier alpha value is -0.590. The fraction of sp³-hybridized carbons (Fsp3) is 0.500. The number of hydrogen-bond donors (Lipinski definition) is 0. The maximum atomic E-state index is 11.5. The van der Waals surface area contributed by atoms with Gasteiger partial charge in [-0.05, 0) is 18.1 Å². The Kier molecular flexibility index (Phi) is 6.38. The number of rotatable bonds is 7. The molecule has 0 saturated carbocycles. The first-order valence-electron chi connectivity index (χ1n) is 5.43. The van der Waals surface area contributed by atoms with Crippen molar-refractivity contribution in [3.05, 3.63) is 35.9 Å². The van der Waals surface area contributed by atoms with Crippen molar-refractivity contribution in [1.82, 2.24) is 0 Å². The minimum absolute atomic E-state index is 0.547. The summed E-state index contributed by atoms with van der Waals surface area (Å²) < 4.78 is 16.8. The van der Waals surface area contributed by atoms with Crippen LogP contribution in [0, 0.1) is 6.07 Å². The Morgan fingerprint density at radius 2 is 2.07 bits per heavy atom. The molecule has 0 bridgehead atoms. The van der Waals surface area contributed by atoms with Gasteiger partial charge < -0.3 is 4.52 Å². The van der Waals surface area contributed by atoms with Crippen LogP contribution in [0.2, 0.25) is 0 Å². The maximum Gasteiger partial charge on any atom is 0.195 e. The number of hydrogen-bond acceptors (Lipinski definition) is 2. The van der Waals surface area contributed by atoms with Crippen LogP contribution in [0.5, 0.6) is 0 Å². The first-order chi connectivity index (χ1) is 7.33. The Morgan fingerprint density at radius 1 is 1.33 bits per heavy atom. The summed E-state index contributed by atoms with van der Waals surface area (Å²) in [6.45, 7) is 2.77. The highest BCUT2D eigenvalue weighted by Crippen LogP contribution is 2.28. The molecule has 0 amide bonds. The summed E-state index contributed by atoms with van der Waals surface area (Å²) in [4.78, 5) is 0. The molecule has 0 fully saturated rings. The van der Waals surface area contributed by atoms with Crippen molar-refractivity contribution in [3.63, 3.8) is 0 Å². The van der Waals surface area contributed by atoms with Crippen LogP contribution in [0.1, 0.15) is 31.7 Å². The predicted molar refractivity (Wildman–Crippen MR) is 63.5 cm³/mol. The van der Waals surface area contributed by atoms with Crippen molar-refractivity contribution < 1.29 is 9.09 Å². The maximum absolute atomic E-state index is 11.5. The van der Waals surface area contributed by atoms with Crippen molar-refractivity contribution in [1.29, 1.82) is 0 Å². The summed E-state index contributed by atoms with van der Waals surface area (Å²) in [6, 6.07) is 10.5. The topological polar surface area (TPSA) is 26.3 Å². The van der Waals surface area contributed by atoms with Gasteiger partial charge in [0.1, 0.15) is 0 Å². The molecule has 83 valence electrons. The molecule has 0 aliphatic rings. The van der Waals surface area contributed by atoms with Crippen molar-refractivity contribution in [2.75, 3.05) is 6.61 Å². The zero-order chi connectivity index (χ0) is 10.9. The van der Waals surface area contributed by atoms with E-state index in [0.29, 0.717) is 12.8 Å². The Bertz CT molecular complexity index is 285. The van der Waals surface area contributed by atoms with Gasteiger partial charge in [0, 0.05) is 6.16 Å². The van der Waals surface area contributed by atoms with Gasteiger partial charge >= 0.3 is 0 Å². The van der Waals surface area contributed by atoms with Gasteiger partial charge in [0.05, 0.1) is 6.61 Å². The lowest BCUT2D eigenvalue weighted by Gasteiger charge is -2.03. The second kappa shape index (κ2) is 7.67. The van der Waals surface area contributed by atoms with E-state index in [1.165, 1.54) is 6.42 Å². The van der Waals surface area contributed by atoms with E-state index in [1.807, 2.05) is 24.3 Å². The Balaban J connectivity index is 2.19. The van der Waals surface area contributed by atoms with E-state index in [4.69, 9.17) is 4.52 Å². The molecule has 0 aliphatic carbocycles. The minimum Gasteiger partial charge on any atom is -0.330 e. The van der Waals surface area contributed by atoms with Crippen LogP contribution in [0.15, 0.2) is 24.3 Å². The molecule has 0 spiro atoms. The fourth-order valence-electron chi connectivity index (χ4n) is 1.30. The largest absolute Gasteiger partial charge is 0.330 e. The fourth-order valence-corrected chi connectivity index (χ4v) is 2.34. The predicted octanol–water partition coefficient (Wildman–Crippen LogP) is 3.67.